The minimum atomic E-state index is 0.00602. The van der Waals surface area contributed by atoms with Crippen LogP contribution in [-0.4, -0.2) is 28.4 Å². The largest absolute Gasteiger partial charge is 0.494 e. The van der Waals surface area contributed by atoms with Crippen molar-refractivity contribution in [2.24, 2.45) is 0 Å². The number of halogens is 2. The highest BCUT2D eigenvalue weighted by Gasteiger charge is 2.07. The molecular formula is C19H19Cl2N3O2. The second-order valence-corrected chi connectivity index (χ2v) is 6.68. The third-order valence-corrected chi connectivity index (χ3v) is 4.27. The van der Waals surface area contributed by atoms with E-state index in [1.165, 1.54) is 0 Å². The molecule has 1 N–H and O–H groups in total. The SMILES string of the molecule is O=C(CCCOc1ccccc1)NCCc1cn2cc(Cl)cc(Cl)c2n1. The molecule has 1 amide bonds. The Labute approximate surface area is 161 Å². The fourth-order valence-corrected chi connectivity index (χ4v) is 3.08. The second kappa shape index (κ2) is 8.92. The molecule has 0 fully saturated rings. The highest BCUT2D eigenvalue weighted by atomic mass is 35.5. The van der Waals surface area contributed by atoms with Crippen LogP contribution >= 0.6 is 23.2 Å². The maximum Gasteiger partial charge on any atom is 0.220 e. The third-order valence-electron chi connectivity index (χ3n) is 3.79. The van der Waals surface area contributed by atoms with E-state index >= 15 is 0 Å². The Morgan fingerprint density at radius 3 is 2.81 bits per heavy atom. The van der Waals surface area contributed by atoms with E-state index < -0.39 is 0 Å². The van der Waals surface area contributed by atoms with Gasteiger partial charge in [0.2, 0.25) is 5.91 Å². The number of rotatable bonds is 8. The maximum atomic E-state index is 11.9. The highest BCUT2D eigenvalue weighted by Crippen LogP contribution is 2.21. The van der Waals surface area contributed by atoms with Gasteiger partial charge in [-0.25, -0.2) is 4.98 Å². The number of nitrogens with zero attached hydrogens (tertiary/aromatic N) is 2. The average Bonchev–Trinajstić information content (AvgIpc) is 3.03. The van der Waals surface area contributed by atoms with E-state index in [2.05, 4.69) is 10.3 Å². The highest BCUT2D eigenvalue weighted by molar-refractivity contribution is 6.36. The third kappa shape index (κ3) is 5.13. The molecule has 3 aromatic rings. The van der Waals surface area contributed by atoms with Crippen LogP contribution < -0.4 is 10.1 Å². The standard InChI is InChI=1S/C19H19Cl2N3O2/c20-14-11-17(21)19-23-15(13-24(19)12-14)8-9-22-18(25)7-4-10-26-16-5-2-1-3-6-16/h1-3,5-6,11-13H,4,7-10H2,(H,22,25). The van der Waals surface area contributed by atoms with Gasteiger partial charge in [0.25, 0.3) is 0 Å². The summed E-state index contributed by atoms with van der Waals surface area (Å²) in [4.78, 5) is 16.3. The zero-order valence-corrected chi connectivity index (χ0v) is 15.6. The molecule has 0 aliphatic heterocycles. The molecule has 0 atom stereocenters. The molecule has 0 spiro atoms. The zero-order valence-electron chi connectivity index (χ0n) is 14.1. The maximum absolute atomic E-state index is 11.9. The molecule has 0 saturated carbocycles. The van der Waals surface area contributed by atoms with Crippen LogP contribution in [0.3, 0.4) is 0 Å². The van der Waals surface area contributed by atoms with Crippen molar-refractivity contribution >= 4 is 34.8 Å². The van der Waals surface area contributed by atoms with Gasteiger partial charge in [-0.05, 0) is 24.6 Å². The summed E-state index contributed by atoms with van der Waals surface area (Å²) in [6.07, 6.45) is 5.35. The summed E-state index contributed by atoms with van der Waals surface area (Å²) in [7, 11) is 0. The topological polar surface area (TPSA) is 55.6 Å². The molecule has 1 aromatic carbocycles. The molecule has 2 aromatic heterocycles. The summed E-state index contributed by atoms with van der Waals surface area (Å²) >= 11 is 12.1. The molecule has 26 heavy (non-hydrogen) atoms. The average molecular weight is 392 g/mol. The van der Waals surface area contributed by atoms with Crippen molar-refractivity contribution in [3.63, 3.8) is 0 Å². The van der Waals surface area contributed by atoms with Crippen LogP contribution in [0, 0.1) is 0 Å². The molecule has 0 unspecified atom stereocenters. The molecule has 136 valence electrons. The molecule has 7 heteroatoms. The van der Waals surface area contributed by atoms with Gasteiger partial charge in [0.15, 0.2) is 5.65 Å². The molecular weight excluding hydrogens is 373 g/mol. The lowest BCUT2D eigenvalue weighted by atomic mass is 10.3. The normalized spacial score (nSPS) is 10.8. The lowest BCUT2D eigenvalue weighted by molar-refractivity contribution is -0.121. The van der Waals surface area contributed by atoms with Gasteiger partial charge in [-0.1, -0.05) is 41.4 Å². The van der Waals surface area contributed by atoms with E-state index in [4.69, 9.17) is 27.9 Å². The first kappa shape index (κ1) is 18.5. The van der Waals surface area contributed by atoms with Crippen LogP contribution in [0.2, 0.25) is 10.0 Å². The summed E-state index contributed by atoms with van der Waals surface area (Å²) in [5.41, 5.74) is 1.51. The number of hydrogen-bond donors (Lipinski definition) is 1. The van der Waals surface area contributed by atoms with Gasteiger partial charge in [0, 0.05) is 31.8 Å². The number of imidazole rings is 1. The van der Waals surface area contributed by atoms with Crippen molar-refractivity contribution in [3.05, 3.63) is 64.5 Å². The van der Waals surface area contributed by atoms with Gasteiger partial charge in [-0.3, -0.25) is 4.79 Å². The summed E-state index contributed by atoms with van der Waals surface area (Å²) in [5.74, 6) is 0.824. The monoisotopic (exact) mass is 391 g/mol. The van der Waals surface area contributed by atoms with Crippen molar-refractivity contribution in [1.29, 1.82) is 0 Å². The van der Waals surface area contributed by atoms with Crippen LogP contribution in [0.25, 0.3) is 5.65 Å². The number of ether oxygens (including phenoxy) is 1. The minimum Gasteiger partial charge on any atom is -0.494 e. The summed E-state index contributed by atoms with van der Waals surface area (Å²) < 4.78 is 7.36. The minimum absolute atomic E-state index is 0.00602. The van der Waals surface area contributed by atoms with E-state index in [0.717, 1.165) is 11.4 Å². The lowest BCUT2D eigenvalue weighted by Crippen LogP contribution is -2.25. The van der Waals surface area contributed by atoms with Crippen molar-refractivity contribution in [2.75, 3.05) is 13.2 Å². The Balaban J connectivity index is 1.38. The number of pyridine rings is 1. The van der Waals surface area contributed by atoms with E-state index in [1.54, 1.807) is 16.7 Å². The first-order valence-corrected chi connectivity index (χ1v) is 9.14. The molecule has 5 nitrogen and oxygen atoms in total. The van der Waals surface area contributed by atoms with Gasteiger partial charge < -0.3 is 14.5 Å². The zero-order chi connectivity index (χ0) is 18.4. The Bertz CT molecular complexity index is 881. The predicted molar refractivity (Wildman–Crippen MR) is 103 cm³/mol. The molecule has 0 aliphatic rings. The quantitative estimate of drug-likeness (QED) is 0.586. The fraction of sp³-hybridized carbons (Fsp3) is 0.263. The van der Waals surface area contributed by atoms with Crippen molar-refractivity contribution in [2.45, 2.75) is 19.3 Å². The van der Waals surface area contributed by atoms with E-state index in [1.807, 2.05) is 36.5 Å². The molecule has 2 heterocycles. The number of fused-ring (bicyclic) bond motifs is 1. The number of para-hydroxylation sites is 1. The molecule has 0 aliphatic carbocycles. The van der Waals surface area contributed by atoms with Crippen LogP contribution in [0.4, 0.5) is 0 Å². The Morgan fingerprint density at radius 1 is 1.19 bits per heavy atom. The van der Waals surface area contributed by atoms with Crippen molar-refractivity contribution in [1.82, 2.24) is 14.7 Å². The number of carbonyl (C=O) groups is 1. The van der Waals surface area contributed by atoms with Crippen LogP contribution in [-0.2, 0) is 11.2 Å². The lowest BCUT2D eigenvalue weighted by Gasteiger charge is -2.06. The summed E-state index contributed by atoms with van der Waals surface area (Å²) in [5, 5.41) is 3.96. The van der Waals surface area contributed by atoms with Gasteiger partial charge in [-0.2, -0.15) is 0 Å². The Hall–Kier alpha value is -2.24. The molecule has 0 radical (unpaired) electrons. The number of amides is 1. The van der Waals surface area contributed by atoms with Gasteiger partial charge in [0.05, 0.1) is 22.3 Å². The van der Waals surface area contributed by atoms with E-state index in [0.29, 0.717) is 48.1 Å². The van der Waals surface area contributed by atoms with Gasteiger partial charge in [0.1, 0.15) is 5.75 Å². The fourth-order valence-electron chi connectivity index (χ4n) is 2.55. The van der Waals surface area contributed by atoms with Gasteiger partial charge in [-0.15, -0.1) is 0 Å². The van der Waals surface area contributed by atoms with Crippen LogP contribution in [0.1, 0.15) is 18.5 Å². The second-order valence-electron chi connectivity index (χ2n) is 5.83. The van der Waals surface area contributed by atoms with E-state index in [9.17, 15) is 4.79 Å². The molecule has 3 rings (SSSR count). The number of nitrogens with one attached hydrogen (secondary N) is 1. The number of carbonyl (C=O) groups excluding carboxylic acids is 1. The summed E-state index contributed by atoms with van der Waals surface area (Å²) in [6.45, 7) is 1.04. The smallest absolute Gasteiger partial charge is 0.220 e. The Kier molecular flexibility index (Phi) is 6.36. The van der Waals surface area contributed by atoms with Gasteiger partial charge >= 0.3 is 0 Å². The predicted octanol–water partition coefficient (Wildman–Crippen LogP) is 4.16. The first-order chi connectivity index (χ1) is 12.6. The Morgan fingerprint density at radius 2 is 2.00 bits per heavy atom. The number of benzene rings is 1. The molecule has 0 saturated heterocycles. The van der Waals surface area contributed by atoms with Crippen LogP contribution in [0.15, 0.2) is 48.8 Å². The first-order valence-electron chi connectivity index (χ1n) is 8.39. The van der Waals surface area contributed by atoms with Crippen molar-refractivity contribution in [3.8, 4) is 5.75 Å². The summed E-state index contributed by atoms with van der Waals surface area (Å²) in [6, 6.07) is 11.2. The number of hydrogen-bond acceptors (Lipinski definition) is 3. The number of aromatic nitrogens is 2. The van der Waals surface area contributed by atoms with Crippen LogP contribution in [0.5, 0.6) is 5.75 Å². The van der Waals surface area contributed by atoms with E-state index in [-0.39, 0.29) is 5.91 Å². The van der Waals surface area contributed by atoms with Crippen molar-refractivity contribution < 1.29 is 9.53 Å². The molecule has 0 bridgehead atoms.